The molecule has 1 aromatic heterocycles. The van der Waals surface area contributed by atoms with Crippen molar-refractivity contribution in [3.8, 4) is 11.8 Å². The van der Waals surface area contributed by atoms with Crippen molar-refractivity contribution >= 4 is 17.5 Å². The molecule has 0 bridgehead atoms. The van der Waals surface area contributed by atoms with E-state index in [1.165, 1.54) is 4.90 Å². The van der Waals surface area contributed by atoms with Crippen LogP contribution in [0.5, 0.6) is 0 Å². The zero-order chi connectivity index (χ0) is 30.1. The van der Waals surface area contributed by atoms with E-state index in [4.69, 9.17) is 0 Å². The second kappa shape index (κ2) is 11.4. The molecule has 1 saturated carbocycles. The number of benzene rings is 2. The van der Waals surface area contributed by atoms with Gasteiger partial charge in [-0.05, 0) is 79.6 Å². The van der Waals surface area contributed by atoms with Crippen molar-refractivity contribution in [2.45, 2.75) is 50.9 Å². The number of fused-ring (bicyclic) bond motifs is 1. The molecule has 11 heteroatoms. The van der Waals surface area contributed by atoms with E-state index in [2.05, 4.69) is 39.3 Å². The van der Waals surface area contributed by atoms with Gasteiger partial charge in [0.25, 0.3) is 11.8 Å². The average molecular weight is 577 g/mol. The largest absolute Gasteiger partial charge is 0.416 e. The fourth-order valence-corrected chi connectivity index (χ4v) is 5.82. The Hall–Kier alpha value is -4.43. The molecule has 0 atom stereocenters. The van der Waals surface area contributed by atoms with E-state index in [9.17, 15) is 22.8 Å². The number of anilines is 1. The molecule has 2 aromatic carbocycles. The Kier molecular flexibility index (Phi) is 7.93. The highest BCUT2D eigenvalue weighted by atomic mass is 19.4. The van der Waals surface area contributed by atoms with Crippen LogP contribution in [0.25, 0.3) is 0 Å². The molecular formula is C31H31F3N6O2. The predicted octanol–water partition coefficient (Wildman–Crippen LogP) is 4.25. The molecule has 2 aliphatic rings. The predicted molar refractivity (Wildman–Crippen MR) is 151 cm³/mol. The van der Waals surface area contributed by atoms with E-state index in [0.29, 0.717) is 43.6 Å². The minimum atomic E-state index is -4.62. The summed E-state index contributed by atoms with van der Waals surface area (Å²) in [5.74, 6) is 4.82. The number of hydrogen-bond donors (Lipinski definition) is 2. The first-order valence-corrected chi connectivity index (χ1v) is 13.6. The molecule has 8 nitrogen and oxygen atoms in total. The molecule has 1 aliphatic heterocycles. The van der Waals surface area contributed by atoms with Gasteiger partial charge in [0.1, 0.15) is 12.2 Å². The smallest absolute Gasteiger partial charge is 0.345 e. The average Bonchev–Trinajstić information content (AvgIpc) is 3.51. The molecule has 1 fully saturated rings. The van der Waals surface area contributed by atoms with Gasteiger partial charge >= 0.3 is 6.18 Å². The molecule has 42 heavy (non-hydrogen) atoms. The van der Waals surface area contributed by atoms with Gasteiger partial charge in [0.05, 0.1) is 17.5 Å². The number of halogens is 3. The van der Waals surface area contributed by atoms with E-state index in [-0.39, 0.29) is 30.1 Å². The molecule has 1 aliphatic carbocycles. The summed E-state index contributed by atoms with van der Waals surface area (Å²) in [5, 5.41) is 14.1. The fraction of sp³-hybridized carbons (Fsp3) is 0.355. The van der Waals surface area contributed by atoms with Crippen LogP contribution < -0.4 is 15.5 Å². The van der Waals surface area contributed by atoms with Crippen LogP contribution in [0.15, 0.2) is 54.9 Å². The Balaban J connectivity index is 1.36. The van der Waals surface area contributed by atoms with Crippen molar-refractivity contribution < 1.29 is 22.8 Å². The van der Waals surface area contributed by atoms with Crippen LogP contribution in [0.2, 0.25) is 0 Å². The topological polar surface area (TPSA) is 92.2 Å². The molecule has 2 heterocycles. The normalized spacial score (nSPS) is 15.6. The van der Waals surface area contributed by atoms with Gasteiger partial charge in [-0.25, -0.2) is 0 Å². The van der Waals surface area contributed by atoms with Crippen molar-refractivity contribution in [3.05, 3.63) is 88.5 Å². The number of aryl methyl sites for hydroxylation is 1. The number of rotatable bonds is 9. The SMILES string of the molecule is C=C1CC(c2cccc(N3Cc4c(cc(CNCCCNC(=O)C#CC)cc4C(F)(F)F)C3=O)c2)(c2nncn2C)C1. The van der Waals surface area contributed by atoms with Crippen LogP contribution >= 0.6 is 0 Å². The summed E-state index contributed by atoms with van der Waals surface area (Å²) < 4.78 is 44.4. The molecule has 0 radical (unpaired) electrons. The molecule has 218 valence electrons. The van der Waals surface area contributed by atoms with E-state index in [1.54, 1.807) is 25.4 Å². The van der Waals surface area contributed by atoms with Gasteiger partial charge < -0.3 is 20.1 Å². The van der Waals surface area contributed by atoms with Gasteiger partial charge in [-0.15, -0.1) is 10.2 Å². The Morgan fingerprint density at radius 2 is 1.98 bits per heavy atom. The van der Waals surface area contributed by atoms with Crippen molar-refractivity contribution in [1.82, 2.24) is 25.4 Å². The van der Waals surface area contributed by atoms with Gasteiger partial charge in [-0.1, -0.05) is 30.2 Å². The van der Waals surface area contributed by atoms with Gasteiger partial charge in [0.2, 0.25) is 0 Å². The van der Waals surface area contributed by atoms with Gasteiger partial charge in [-0.2, -0.15) is 13.2 Å². The second-order valence-corrected chi connectivity index (χ2v) is 10.7. The Morgan fingerprint density at radius 1 is 1.19 bits per heavy atom. The zero-order valence-electron chi connectivity index (χ0n) is 23.4. The molecule has 3 aromatic rings. The Labute approximate surface area is 242 Å². The molecule has 2 amide bonds. The van der Waals surface area contributed by atoms with Crippen molar-refractivity contribution in [2.24, 2.45) is 7.05 Å². The number of alkyl halides is 3. The first-order valence-electron chi connectivity index (χ1n) is 13.6. The number of aromatic nitrogens is 3. The third-order valence-electron chi connectivity index (χ3n) is 7.74. The van der Waals surface area contributed by atoms with Crippen LogP contribution in [0, 0.1) is 11.8 Å². The molecule has 0 spiro atoms. The maximum absolute atomic E-state index is 14.2. The minimum absolute atomic E-state index is 0.0264. The third kappa shape index (κ3) is 5.54. The van der Waals surface area contributed by atoms with Crippen molar-refractivity contribution in [1.29, 1.82) is 0 Å². The number of nitrogens with zero attached hydrogens (tertiary/aromatic N) is 4. The molecule has 0 saturated heterocycles. The minimum Gasteiger partial charge on any atom is -0.345 e. The van der Waals surface area contributed by atoms with Gasteiger partial charge in [-0.3, -0.25) is 9.59 Å². The van der Waals surface area contributed by atoms with E-state index < -0.39 is 23.1 Å². The fourth-order valence-electron chi connectivity index (χ4n) is 5.82. The summed E-state index contributed by atoms with van der Waals surface area (Å²) in [5.41, 5.74) is 1.62. The lowest BCUT2D eigenvalue weighted by Crippen LogP contribution is -2.39. The molecule has 0 unspecified atom stereocenters. The Bertz CT molecular complexity index is 1610. The van der Waals surface area contributed by atoms with Gasteiger partial charge in [0, 0.05) is 31.4 Å². The lowest BCUT2D eigenvalue weighted by Gasteiger charge is -2.43. The quantitative estimate of drug-likeness (QED) is 0.226. The first kappa shape index (κ1) is 29.1. The van der Waals surface area contributed by atoms with Crippen LogP contribution in [0.4, 0.5) is 18.9 Å². The summed E-state index contributed by atoms with van der Waals surface area (Å²) in [4.78, 5) is 26.4. The number of nitrogens with one attached hydrogen (secondary N) is 2. The number of carbonyl (C=O) groups is 2. The monoisotopic (exact) mass is 576 g/mol. The number of hydrogen-bond acceptors (Lipinski definition) is 5. The summed E-state index contributed by atoms with van der Waals surface area (Å²) in [6.45, 7) is 6.48. The lowest BCUT2D eigenvalue weighted by molar-refractivity contribution is -0.138. The maximum atomic E-state index is 14.2. The number of amides is 2. The van der Waals surface area contributed by atoms with Crippen molar-refractivity contribution in [3.63, 3.8) is 0 Å². The van der Waals surface area contributed by atoms with Crippen LogP contribution in [-0.2, 0) is 36.5 Å². The van der Waals surface area contributed by atoms with Crippen LogP contribution in [-0.4, -0.2) is 39.7 Å². The summed E-state index contributed by atoms with van der Waals surface area (Å²) >= 11 is 0. The van der Waals surface area contributed by atoms with E-state index in [0.717, 1.165) is 23.0 Å². The summed E-state index contributed by atoms with van der Waals surface area (Å²) in [7, 11) is 1.87. The standard InChI is InChI=1S/C31H31F3N6O2/c1-4-7-27(41)36-11-6-10-35-17-21-12-24-25(26(13-21)31(32,33)34)18-40(28(24)42)23-9-5-8-22(14-23)30(15-20(2)16-30)29-38-37-19-39(29)3/h5,8-9,12-14,19,35H,2,6,10-11,15-18H2,1,3H3,(H,36,41). The summed E-state index contributed by atoms with van der Waals surface area (Å²) in [6, 6.07) is 10.0. The van der Waals surface area contributed by atoms with Crippen molar-refractivity contribution in [2.75, 3.05) is 18.0 Å². The number of carbonyl (C=O) groups excluding carboxylic acids is 2. The highest BCUT2D eigenvalue weighted by Gasteiger charge is 2.47. The Morgan fingerprint density at radius 3 is 2.64 bits per heavy atom. The molecular weight excluding hydrogens is 545 g/mol. The molecule has 5 rings (SSSR count). The highest BCUT2D eigenvalue weighted by molar-refractivity contribution is 6.10. The van der Waals surface area contributed by atoms with Crippen LogP contribution in [0.1, 0.15) is 64.6 Å². The lowest BCUT2D eigenvalue weighted by atomic mass is 9.61. The van der Waals surface area contributed by atoms with Crippen LogP contribution in [0.3, 0.4) is 0 Å². The first-order chi connectivity index (χ1) is 20.0. The highest BCUT2D eigenvalue weighted by Crippen LogP contribution is 2.51. The molecule has 2 N–H and O–H groups in total. The third-order valence-corrected chi connectivity index (χ3v) is 7.74. The number of allylic oxidation sites excluding steroid dienone is 1. The van der Waals surface area contributed by atoms with E-state index in [1.807, 2.05) is 29.8 Å². The van der Waals surface area contributed by atoms with E-state index >= 15 is 0 Å². The van der Waals surface area contributed by atoms with Gasteiger partial charge in [0.15, 0.2) is 0 Å². The second-order valence-electron chi connectivity index (χ2n) is 10.7. The summed E-state index contributed by atoms with van der Waals surface area (Å²) in [6.07, 6.45) is -1.07. The zero-order valence-corrected chi connectivity index (χ0v) is 23.4. The maximum Gasteiger partial charge on any atom is 0.416 e.